The van der Waals surface area contributed by atoms with Gasteiger partial charge in [0.15, 0.2) is 5.96 Å². The Morgan fingerprint density at radius 3 is 2.62 bits per heavy atom. The Balaban J connectivity index is 0.00000338. The van der Waals surface area contributed by atoms with Crippen LogP contribution in [0.3, 0.4) is 0 Å². The van der Waals surface area contributed by atoms with E-state index in [9.17, 15) is 4.79 Å². The van der Waals surface area contributed by atoms with E-state index in [4.69, 9.17) is 9.47 Å². The Morgan fingerprint density at radius 1 is 1.23 bits per heavy atom. The molecule has 0 aromatic heterocycles. The van der Waals surface area contributed by atoms with Crippen LogP contribution in [-0.4, -0.2) is 75.4 Å². The molecule has 0 aromatic rings. The molecule has 2 saturated heterocycles. The molecule has 2 rings (SSSR count). The molecule has 26 heavy (non-hydrogen) atoms. The topological polar surface area (TPSA) is 75.2 Å². The highest BCUT2D eigenvalue weighted by Gasteiger charge is 2.23. The first-order chi connectivity index (χ1) is 12.2. The van der Waals surface area contributed by atoms with Crippen molar-refractivity contribution < 1.29 is 14.3 Å². The minimum absolute atomic E-state index is 0. The molecule has 1 amide bonds. The second kappa shape index (κ2) is 13.5. The number of hydrogen-bond acceptors (Lipinski definition) is 4. The van der Waals surface area contributed by atoms with Gasteiger partial charge < -0.3 is 25.0 Å². The average Bonchev–Trinajstić information content (AvgIpc) is 2.67. The predicted octanol–water partition coefficient (Wildman–Crippen LogP) is 1.76. The van der Waals surface area contributed by atoms with E-state index in [1.54, 1.807) is 7.05 Å². The molecule has 0 aliphatic carbocycles. The maximum Gasteiger partial charge on any atom is 0.239 e. The number of piperidine rings is 1. The molecule has 2 aliphatic heterocycles. The van der Waals surface area contributed by atoms with Crippen LogP contribution in [0.2, 0.25) is 0 Å². The Bertz CT molecular complexity index is 423. The monoisotopic (exact) mass is 482 g/mol. The van der Waals surface area contributed by atoms with Crippen molar-refractivity contribution in [3.05, 3.63) is 0 Å². The number of amides is 1. The number of halogens is 1. The molecule has 1 unspecified atom stereocenters. The van der Waals surface area contributed by atoms with E-state index in [0.717, 1.165) is 57.9 Å². The van der Waals surface area contributed by atoms with Crippen LogP contribution in [0.15, 0.2) is 4.99 Å². The third-order valence-corrected chi connectivity index (χ3v) is 4.72. The van der Waals surface area contributed by atoms with Gasteiger partial charge in [-0.05, 0) is 38.5 Å². The molecule has 0 spiro atoms. The van der Waals surface area contributed by atoms with Gasteiger partial charge in [-0.3, -0.25) is 9.79 Å². The van der Waals surface area contributed by atoms with Gasteiger partial charge in [0.25, 0.3) is 0 Å². The number of likely N-dealkylation sites (tertiary alicyclic amines) is 1. The van der Waals surface area contributed by atoms with Crippen molar-refractivity contribution in [3.63, 3.8) is 0 Å². The molecule has 8 heteroatoms. The van der Waals surface area contributed by atoms with Crippen molar-refractivity contribution in [2.45, 2.75) is 57.7 Å². The first-order valence-corrected chi connectivity index (χ1v) is 9.68. The lowest BCUT2D eigenvalue weighted by Crippen LogP contribution is -2.49. The molecular formula is C18H35IN4O3. The number of nitrogens with zero attached hydrogens (tertiary/aromatic N) is 2. The van der Waals surface area contributed by atoms with Gasteiger partial charge in [-0.1, -0.05) is 6.92 Å². The Kier molecular flexibility index (Phi) is 12.2. The second-order valence-electron chi connectivity index (χ2n) is 6.76. The van der Waals surface area contributed by atoms with E-state index >= 15 is 0 Å². The van der Waals surface area contributed by atoms with Gasteiger partial charge in [0.2, 0.25) is 5.91 Å². The van der Waals surface area contributed by atoms with Crippen molar-refractivity contribution in [1.29, 1.82) is 0 Å². The summed E-state index contributed by atoms with van der Waals surface area (Å²) in [4.78, 5) is 18.2. The van der Waals surface area contributed by atoms with E-state index in [0.29, 0.717) is 12.6 Å². The molecule has 7 nitrogen and oxygen atoms in total. The van der Waals surface area contributed by atoms with Gasteiger partial charge in [-0.15, -0.1) is 24.0 Å². The van der Waals surface area contributed by atoms with Crippen LogP contribution in [0.25, 0.3) is 0 Å². The second-order valence-corrected chi connectivity index (χ2v) is 6.76. The largest absolute Gasteiger partial charge is 0.376 e. The SMILES string of the molecule is CCCNC(=O)CNC(=NC)N1CCC(OCC2CCCCO2)CC1.I. The lowest BCUT2D eigenvalue weighted by Gasteiger charge is -2.35. The highest BCUT2D eigenvalue weighted by atomic mass is 127. The van der Waals surface area contributed by atoms with Crippen molar-refractivity contribution >= 4 is 35.8 Å². The zero-order valence-electron chi connectivity index (χ0n) is 16.2. The van der Waals surface area contributed by atoms with Crippen molar-refractivity contribution in [2.24, 2.45) is 4.99 Å². The minimum atomic E-state index is 0. The third-order valence-electron chi connectivity index (χ3n) is 4.72. The van der Waals surface area contributed by atoms with Gasteiger partial charge in [0.05, 0.1) is 25.4 Å². The number of aliphatic imine (C=N–C) groups is 1. The van der Waals surface area contributed by atoms with Crippen molar-refractivity contribution in [1.82, 2.24) is 15.5 Å². The number of carbonyl (C=O) groups is 1. The molecule has 2 N–H and O–H groups in total. The summed E-state index contributed by atoms with van der Waals surface area (Å²) in [5.74, 6) is 0.800. The molecule has 0 aromatic carbocycles. The molecule has 2 aliphatic rings. The summed E-state index contributed by atoms with van der Waals surface area (Å²) in [6.45, 7) is 6.41. The fourth-order valence-electron chi connectivity index (χ4n) is 3.24. The lowest BCUT2D eigenvalue weighted by atomic mass is 10.1. The number of hydrogen-bond donors (Lipinski definition) is 2. The van der Waals surface area contributed by atoms with Gasteiger partial charge in [-0.2, -0.15) is 0 Å². The van der Waals surface area contributed by atoms with Gasteiger partial charge in [-0.25, -0.2) is 0 Å². The number of nitrogens with one attached hydrogen (secondary N) is 2. The van der Waals surface area contributed by atoms with E-state index in [2.05, 4.69) is 20.5 Å². The fraction of sp³-hybridized carbons (Fsp3) is 0.889. The van der Waals surface area contributed by atoms with Gasteiger partial charge in [0, 0.05) is 33.3 Å². The summed E-state index contributed by atoms with van der Waals surface area (Å²) in [5.41, 5.74) is 0. The van der Waals surface area contributed by atoms with Crippen LogP contribution in [0.1, 0.15) is 45.4 Å². The number of rotatable bonds is 7. The molecule has 152 valence electrons. The minimum Gasteiger partial charge on any atom is -0.376 e. The predicted molar refractivity (Wildman–Crippen MR) is 114 cm³/mol. The first-order valence-electron chi connectivity index (χ1n) is 9.68. The maximum absolute atomic E-state index is 11.7. The summed E-state index contributed by atoms with van der Waals surface area (Å²) in [5, 5.41) is 6.01. The Hall–Kier alpha value is -0.610. The van der Waals surface area contributed by atoms with E-state index in [1.807, 2.05) is 6.92 Å². The van der Waals surface area contributed by atoms with E-state index < -0.39 is 0 Å². The zero-order valence-corrected chi connectivity index (χ0v) is 18.5. The third kappa shape index (κ3) is 8.39. The maximum atomic E-state index is 11.7. The lowest BCUT2D eigenvalue weighted by molar-refractivity contribution is -0.120. The van der Waals surface area contributed by atoms with Crippen molar-refractivity contribution in [2.75, 3.05) is 46.4 Å². The smallest absolute Gasteiger partial charge is 0.239 e. The van der Waals surface area contributed by atoms with Gasteiger partial charge in [0.1, 0.15) is 0 Å². The fourth-order valence-corrected chi connectivity index (χ4v) is 3.24. The zero-order chi connectivity index (χ0) is 17.9. The average molecular weight is 482 g/mol. The van der Waals surface area contributed by atoms with Crippen LogP contribution < -0.4 is 10.6 Å². The quantitative estimate of drug-likeness (QED) is 0.329. The van der Waals surface area contributed by atoms with Crippen LogP contribution in [0.5, 0.6) is 0 Å². The molecule has 2 heterocycles. The van der Waals surface area contributed by atoms with Crippen LogP contribution in [0.4, 0.5) is 0 Å². The number of guanidine groups is 1. The summed E-state index contributed by atoms with van der Waals surface area (Å²) < 4.78 is 11.8. The van der Waals surface area contributed by atoms with Crippen molar-refractivity contribution in [3.8, 4) is 0 Å². The molecule has 0 saturated carbocycles. The Morgan fingerprint density at radius 2 is 2.00 bits per heavy atom. The highest BCUT2D eigenvalue weighted by molar-refractivity contribution is 14.0. The number of ether oxygens (including phenoxy) is 2. The summed E-state index contributed by atoms with van der Waals surface area (Å²) in [7, 11) is 1.76. The standard InChI is InChI=1S/C18H34N4O3.HI/c1-3-9-20-17(23)13-21-18(19-2)22-10-7-15(8-11-22)25-14-16-6-4-5-12-24-16;/h15-16H,3-14H2,1-2H3,(H,19,21)(H,20,23);1H. The van der Waals surface area contributed by atoms with E-state index in [-0.39, 0.29) is 42.5 Å². The highest BCUT2D eigenvalue weighted by Crippen LogP contribution is 2.17. The van der Waals surface area contributed by atoms with E-state index in [1.165, 1.54) is 12.8 Å². The summed E-state index contributed by atoms with van der Waals surface area (Å²) >= 11 is 0. The molecule has 1 atom stereocenters. The summed E-state index contributed by atoms with van der Waals surface area (Å²) in [6.07, 6.45) is 7.04. The Labute approximate surface area is 174 Å². The normalized spacial score (nSPS) is 21.8. The van der Waals surface area contributed by atoms with Crippen LogP contribution in [-0.2, 0) is 14.3 Å². The molecular weight excluding hydrogens is 447 g/mol. The van der Waals surface area contributed by atoms with Crippen LogP contribution >= 0.6 is 24.0 Å². The first kappa shape index (κ1) is 23.4. The van der Waals surface area contributed by atoms with Gasteiger partial charge >= 0.3 is 0 Å². The van der Waals surface area contributed by atoms with Crippen LogP contribution in [0, 0.1) is 0 Å². The molecule has 0 bridgehead atoms. The number of carbonyl (C=O) groups excluding carboxylic acids is 1. The summed E-state index contributed by atoms with van der Waals surface area (Å²) in [6, 6.07) is 0. The molecule has 0 radical (unpaired) electrons. The molecule has 2 fully saturated rings.